The molecular weight excluding hydrogens is 497 g/mol. The number of pyridine rings is 1. The lowest BCUT2D eigenvalue weighted by atomic mass is 10.1. The van der Waals surface area contributed by atoms with Gasteiger partial charge in [-0.15, -0.1) is 11.3 Å². The van der Waals surface area contributed by atoms with Crippen molar-refractivity contribution >= 4 is 33.8 Å². The van der Waals surface area contributed by atoms with E-state index in [1.54, 1.807) is 48.9 Å². The molecule has 1 aliphatic rings. The molecule has 1 aliphatic heterocycles. The Morgan fingerprint density at radius 2 is 2.16 bits per heavy atom. The molecule has 188 valence electrons. The van der Waals surface area contributed by atoms with Gasteiger partial charge in [0.25, 0.3) is 11.8 Å². The molecule has 0 bridgehead atoms. The average Bonchev–Trinajstić information content (AvgIpc) is 3.43. The normalized spacial score (nSPS) is 15.4. The predicted molar refractivity (Wildman–Crippen MR) is 136 cm³/mol. The van der Waals surface area contributed by atoms with Crippen LogP contribution < -0.4 is 15.0 Å². The molecule has 1 atom stereocenters. The molecule has 3 aromatic heterocycles. The molecule has 4 heterocycles. The largest absolute Gasteiger partial charge is 0.489 e. The van der Waals surface area contributed by atoms with Gasteiger partial charge in [0, 0.05) is 30.4 Å². The van der Waals surface area contributed by atoms with Crippen LogP contribution in [-0.2, 0) is 4.79 Å². The number of halogens is 1. The average molecular weight is 520 g/mol. The molecule has 1 aromatic carbocycles. The number of ether oxygens (including phenoxy) is 1. The highest BCUT2D eigenvalue weighted by atomic mass is 32.1. The predicted octanol–water partition coefficient (Wildman–Crippen LogP) is 2.87. The molecular formula is C26H22FN5O4S. The lowest BCUT2D eigenvalue weighted by Crippen LogP contribution is -2.49. The lowest BCUT2D eigenvalue weighted by molar-refractivity contribution is -0.120. The first kappa shape index (κ1) is 24.4. The number of thiazole rings is 1. The highest BCUT2D eigenvalue weighted by Crippen LogP contribution is 2.32. The number of aromatic nitrogens is 3. The highest BCUT2D eigenvalue weighted by Gasteiger charge is 2.31. The van der Waals surface area contributed by atoms with E-state index in [-0.39, 0.29) is 23.9 Å². The van der Waals surface area contributed by atoms with Crippen LogP contribution >= 0.6 is 11.3 Å². The van der Waals surface area contributed by atoms with E-state index in [1.807, 2.05) is 0 Å². The van der Waals surface area contributed by atoms with E-state index in [9.17, 15) is 19.1 Å². The standard InChI is InChI=1S/C26H22FN5O4S/c1-26(2,35)9-8-15-6-7-21-19(11-15)31(3)24(34)18(13-36-21)29-23(33)17-12-32-20(14-37-25(32)30-17)22-16(27)5-4-10-28-22/h4-7,10-12,14,18,35H,13H2,1-3H3,(H,29,33). The van der Waals surface area contributed by atoms with Gasteiger partial charge in [-0.25, -0.2) is 9.37 Å². The van der Waals surface area contributed by atoms with Gasteiger partial charge in [-0.1, -0.05) is 11.8 Å². The molecule has 0 radical (unpaired) electrons. The number of carbonyl (C=O) groups is 2. The number of likely N-dealkylation sites (N-methyl/N-ethyl adjacent to an activating group) is 1. The number of nitrogens with zero attached hydrogens (tertiary/aromatic N) is 4. The van der Waals surface area contributed by atoms with E-state index in [1.165, 1.54) is 40.8 Å². The number of hydrogen-bond acceptors (Lipinski definition) is 7. The van der Waals surface area contributed by atoms with Crippen LogP contribution in [0.1, 0.15) is 29.9 Å². The van der Waals surface area contributed by atoms with E-state index in [2.05, 4.69) is 27.1 Å². The van der Waals surface area contributed by atoms with Crippen molar-refractivity contribution in [2.45, 2.75) is 25.5 Å². The van der Waals surface area contributed by atoms with Crippen molar-refractivity contribution in [2.24, 2.45) is 0 Å². The number of carbonyl (C=O) groups excluding carboxylic acids is 2. The summed E-state index contributed by atoms with van der Waals surface area (Å²) in [6.07, 6.45) is 2.97. The second-order valence-corrected chi connectivity index (χ2v) is 9.80. The summed E-state index contributed by atoms with van der Waals surface area (Å²) in [6.45, 7) is 3.08. The zero-order valence-corrected chi connectivity index (χ0v) is 21.0. The minimum Gasteiger partial charge on any atom is -0.489 e. The van der Waals surface area contributed by atoms with Crippen LogP contribution in [0.2, 0.25) is 0 Å². The Kier molecular flexibility index (Phi) is 6.15. The molecule has 9 nitrogen and oxygen atoms in total. The van der Waals surface area contributed by atoms with Gasteiger partial charge in [0.2, 0.25) is 0 Å². The fourth-order valence-electron chi connectivity index (χ4n) is 3.77. The Morgan fingerprint density at radius 3 is 2.92 bits per heavy atom. The Bertz CT molecular complexity index is 1590. The fourth-order valence-corrected chi connectivity index (χ4v) is 4.63. The monoisotopic (exact) mass is 519 g/mol. The first-order valence-electron chi connectivity index (χ1n) is 11.3. The summed E-state index contributed by atoms with van der Waals surface area (Å²) in [6, 6.07) is 6.96. The summed E-state index contributed by atoms with van der Waals surface area (Å²) in [5, 5.41) is 14.3. The molecule has 11 heteroatoms. The van der Waals surface area contributed by atoms with Crippen LogP contribution in [0.3, 0.4) is 0 Å². The molecule has 0 saturated heterocycles. The van der Waals surface area contributed by atoms with Gasteiger partial charge in [-0.05, 0) is 44.2 Å². The molecule has 0 saturated carbocycles. The van der Waals surface area contributed by atoms with E-state index in [0.717, 1.165) is 0 Å². The maximum atomic E-state index is 14.3. The van der Waals surface area contributed by atoms with Gasteiger partial charge in [0.05, 0.1) is 11.4 Å². The van der Waals surface area contributed by atoms with E-state index in [4.69, 9.17) is 4.74 Å². The Labute approximate surface area is 215 Å². The second-order valence-electron chi connectivity index (χ2n) is 8.96. The topological polar surface area (TPSA) is 109 Å². The van der Waals surface area contributed by atoms with Gasteiger partial charge >= 0.3 is 0 Å². The quantitative estimate of drug-likeness (QED) is 0.403. The van der Waals surface area contributed by atoms with Crippen LogP contribution in [0.25, 0.3) is 16.3 Å². The van der Waals surface area contributed by atoms with Crippen molar-refractivity contribution in [3.8, 4) is 29.0 Å². The van der Waals surface area contributed by atoms with Gasteiger partial charge in [-0.2, -0.15) is 0 Å². The highest BCUT2D eigenvalue weighted by molar-refractivity contribution is 7.15. The van der Waals surface area contributed by atoms with Crippen molar-refractivity contribution in [1.82, 2.24) is 19.7 Å². The molecule has 4 aromatic rings. The lowest BCUT2D eigenvalue weighted by Gasteiger charge is -2.20. The van der Waals surface area contributed by atoms with Crippen molar-refractivity contribution in [3.63, 3.8) is 0 Å². The molecule has 5 rings (SSSR count). The zero-order valence-electron chi connectivity index (χ0n) is 20.2. The summed E-state index contributed by atoms with van der Waals surface area (Å²) in [7, 11) is 1.59. The fraction of sp³-hybridized carbons (Fsp3) is 0.231. The third-order valence-corrected chi connectivity index (χ3v) is 6.46. The Balaban J connectivity index is 1.36. The minimum absolute atomic E-state index is 0.0748. The van der Waals surface area contributed by atoms with E-state index in [0.29, 0.717) is 27.7 Å². The Morgan fingerprint density at radius 1 is 1.35 bits per heavy atom. The maximum absolute atomic E-state index is 14.3. The summed E-state index contributed by atoms with van der Waals surface area (Å²) >= 11 is 1.24. The number of rotatable bonds is 3. The molecule has 0 fully saturated rings. The van der Waals surface area contributed by atoms with Crippen LogP contribution in [0, 0.1) is 17.7 Å². The number of imidazole rings is 1. The van der Waals surface area contributed by atoms with E-state index >= 15 is 0 Å². The third-order valence-electron chi connectivity index (χ3n) is 5.62. The van der Waals surface area contributed by atoms with Crippen molar-refractivity contribution in [2.75, 3.05) is 18.6 Å². The van der Waals surface area contributed by atoms with Crippen LogP contribution in [0.5, 0.6) is 5.75 Å². The van der Waals surface area contributed by atoms with Crippen molar-refractivity contribution in [1.29, 1.82) is 0 Å². The molecule has 37 heavy (non-hydrogen) atoms. The van der Waals surface area contributed by atoms with Crippen LogP contribution in [0.15, 0.2) is 48.1 Å². The molecule has 0 spiro atoms. The van der Waals surface area contributed by atoms with Crippen LogP contribution in [0.4, 0.5) is 10.1 Å². The summed E-state index contributed by atoms with van der Waals surface area (Å²) in [4.78, 5) is 36.5. The van der Waals surface area contributed by atoms with Crippen LogP contribution in [-0.4, -0.2) is 56.6 Å². The number of hydrogen-bond donors (Lipinski definition) is 2. The van der Waals surface area contributed by atoms with Gasteiger partial charge in [-0.3, -0.25) is 19.0 Å². The maximum Gasteiger partial charge on any atom is 0.272 e. The zero-order chi connectivity index (χ0) is 26.3. The first-order chi connectivity index (χ1) is 17.6. The molecule has 2 amide bonds. The summed E-state index contributed by atoms with van der Waals surface area (Å²) in [5.41, 5.74) is 0.632. The smallest absolute Gasteiger partial charge is 0.272 e. The number of benzene rings is 1. The second kappa shape index (κ2) is 9.31. The summed E-state index contributed by atoms with van der Waals surface area (Å²) < 4.78 is 21.7. The molecule has 2 N–H and O–H groups in total. The van der Waals surface area contributed by atoms with Gasteiger partial charge in [0.1, 0.15) is 35.4 Å². The summed E-state index contributed by atoms with van der Waals surface area (Å²) in [5.74, 6) is 4.65. The third kappa shape index (κ3) is 4.89. The number of anilines is 1. The van der Waals surface area contributed by atoms with Crippen molar-refractivity contribution < 1.29 is 23.8 Å². The van der Waals surface area contributed by atoms with E-state index < -0.39 is 23.4 Å². The number of nitrogens with one attached hydrogen (secondary N) is 1. The first-order valence-corrected chi connectivity index (χ1v) is 12.2. The van der Waals surface area contributed by atoms with Gasteiger partial charge in [0.15, 0.2) is 10.8 Å². The SMILES string of the molecule is CN1C(=O)C(NC(=O)c2cn3c(-c4ncccc4F)csc3n2)COc2ccc(C#CC(C)(C)O)cc21. The Hall–Kier alpha value is -4.27. The van der Waals surface area contributed by atoms with Gasteiger partial charge < -0.3 is 20.1 Å². The van der Waals surface area contributed by atoms with Crippen molar-refractivity contribution in [3.05, 3.63) is 65.2 Å². The number of aliphatic hydroxyl groups is 1. The molecule has 0 aliphatic carbocycles. The molecule has 1 unspecified atom stereocenters. The number of amides is 2. The number of fused-ring (bicyclic) bond motifs is 2. The minimum atomic E-state index is -1.16.